The Labute approximate surface area is 96.8 Å². The van der Waals surface area contributed by atoms with E-state index in [0.717, 1.165) is 0 Å². The fourth-order valence-electron chi connectivity index (χ4n) is 1.26. The molecule has 0 bridgehead atoms. The molecule has 1 aromatic heterocycles. The van der Waals surface area contributed by atoms with Crippen LogP contribution in [0.3, 0.4) is 0 Å². The number of ether oxygens (including phenoxy) is 1. The zero-order chi connectivity index (χ0) is 12.3. The average Bonchev–Trinajstić information content (AvgIpc) is 2.30. The van der Waals surface area contributed by atoms with Crippen LogP contribution in [0.1, 0.15) is 0 Å². The fraction of sp³-hybridized carbons (Fsp3) is 0. The van der Waals surface area contributed by atoms with Gasteiger partial charge in [0, 0.05) is 6.07 Å². The summed E-state index contributed by atoms with van der Waals surface area (Å²) in [6.45, 7) is 0. The first-order valence-electron chi connectivity index (χ1n) is 4.80. The number of benzene rings is 1. The molecule has 0 aliphatic heterocycles. The molecule has 6 nitrogen and oxygen atoms in total. The van der Waals surface area contributed by atoms with Crippen molar-refractivity contribution in [2.45, 2.75) is 0 Å². The van der Waals surface area contributed by atoms with Crippen LogP contribution in [0.25, 0.3) is 0 Å². The van der Waals surface area contributed by atoms with E-state index in [0.29, 0.717) is 5.75 Å². The van der Waals surface area contributed by atoms with Gasteiger partial charge in [0.05, 0.1) is 4.92 Å². The molecule has 0 unspecified atom stereocenters. The van der Waals surface area contributed by atoms with Gasteiger partial charge < -0.3 is 10.5 Å². The summed E-state index contributed by atoms with van der Waals surface area (Å²) in [4.78, 5) is 14.0. The minimum absolute atomic E-state index is 0.110. The lowest BCUT2D eigenvalue weighted by Gasteiger charge is -2.05. The average molecular weight is 231 g/mol. The number of anilines is 1. The first-order chi connectivity index (χ1) is 8.16. The molecular formula is C11H9N3O3. The van der Waals surface area contributed by atoms with Crippen LogP contribution in [0.2, 0.25) is 0 Å². The van der Waals surface area contributed by atoms with Crippen molar-refractivity contribution >= 4 is 11.5 Å². The summed E-state index contributed by atoms with van der Waals surface area (Å²) in [6, 6.07) is 11.3. The summed E-state index contributed by atoms with van der Waals surface area (Å²) >= 11 is 0. The quantitative estimate of drug-likeness (QED) is 0.646. The van der Waals surface area contributed by atoms with E-state index in [1.54, 1.807) is 24.3 Å². The van der Waals surface area contributed by atoms with E-state index >= 15 is 0 Å². The zero-order valence-electron chi connectivity index (χ0n) is 8.74. The van der Waals surface area contributed by atoms with Gasteiger partial charge in [-0.2, -0.15) is 4.98 Å². The van der Waals surface area contributed by atoms with Gasteiger partial charge in [0.1, 0.15) is 11.6 Å². The largest absolute Gasteiger partial charge is 0.434 e. The second-order valence-electron chi connectivity index (χ2n) is 3.23. The number of aromatic nitrogens is 1. The van der Waals surface area contributed by atoms with Crippen LogP contribution in [0, 0.1) is 10.1 Å². The highest BCUT2D eigenvalue weighted by molar-refractivity contribution is 5.48. The second kappa shape index (κ2) is 4.48. The molecule has 0 aliphatic carbocycles. The van der Waals surface area contributed by atoms with E-state index in [2.05, 4.69) is 4.98 Å². The second-order valence-corrected chi connectivity index (χ2v) is 3.23. The van der Waals surface area contributed by atoms with Crippen LogP contribution in [0.4, 0.5) is 11.5 Å². The van der Waals surface area contributed by atoms with Crippen molar-refractivity contribution in [2.75, 3.05) is 5.73 Å². The summed E-state index contributed by atoms with van der Waals surface area (Å²) in [5.41, 5.74) is 5.25. The van der Waals surface area contributed by atoms with Crippen molar-refractivity contribution in [1.29, 1.82) is 0 Å². The summed E-state index contributed by atoms with van der Waals surface area (Å²) in [7, 11) is 0. The Bertz CT molecular complexity index is 543. The van der Waals surface area contributed by atoms with Crippen LogP contribution in [-0.4, -0.2) is 9.91 Å². The first-order valence-corrected chi connectivity index (χ1v) is 4.80. The number of para-hydroxylation sites is 1. The SMILES string of the molecule is Nc1ccc([N+](=O)[O-])c(Oc2ccccc2)n1. The molecule has 2 rings (SSSR count). The third kappa shape index (κ3) is 2.49. The lowest BCUT2D eigenvalue weighted by atomic mass is 10.3. The molecule has 0 saturated heterocycles. The van der Waals surface area contributed by atoms with E-state index in [9.17, 15) is 10.1 Å². The molecule has 0 saturated carbocycles. The van der Waals surface area contributed by atoms with Crippen molar-refractivity contribution in [3.05, 3.63) is 52.6 Å². The number of hydrogen-bond acceptors (Lipinski definition) is 5. The van der Waals surface area contributed by atoms with Crippen molar-refractivity contribution in [3.63, 3.8) is 0 Å². The van der Waals surface area contributed by atoms with E-state index in [4.69, 9.17) is 10.5 Å². The monoisotopic (exact) mass is 231 g/mol. The molecule has 0 aliphatic rings. The van der Waals surface area contributed by atoms with Crippen molar-refractivity contribution in [2.24, 2.45) is 0 Å². The smallest absolute Gasteiger partial charge is 0.331 e. The Morgan fingerprint density at radius 1 is 1.18 bits per heavy atom. The van der Waals surface area contributed by atoms with Crippen LogP contribution >= 0.6 is 0 Å². The van der Waals surface area contributed by atoms with Crippen molar-refractivity contribution in [3.8, 4) is 11.6 Å². The molecule has 86 valence electrons. The van der Waals surface area contributed by atoms with Gasteiger partial charge in [-0.25, -0.2) is 0 Å². The molecule has 1 aromatic carbocycles. The highest BCUT2D eigenvalue weighted by Gasteiger charge is 2.17. The minimum Gasteiger partial charge on any atom is -0.434 e. The molecule has 17 heavy (non-hydrogen) atoms. The molecule has 6 heteroatoms. The predicted octanol–water partition coefficient (Wildman–Crippen LogP) is 2.36. The lowest BCUT2D eigenvalue weighted by molar-refractivity contribution is -0.386. The molecule has 1 heterocycles. The standard InChI is InChI=1S/C11H9N3O3/c12-10-7-6-9(14(15)16)11(13-10)17-8-4-2-1-3-5-8/h1-7H,(H2,12,13). The normalized spacial score (nSPS) is 9.88. The topological polar surface area (TPSA) is 91.3 Å². The van der Waals surface area contributed by atoms with Crippen LogP contribution in [0.5, 0.6) is 11.6 Å². The van der Waals surface area contributed by atoms with Gasteiger partial charge in [0.15, 0.2) is 0 Å². The maximum absolute atomic E-state index is 10.8. The Hall–Kier alpha value is -2.63. The van der Waals surface area contributed by atoms with Crippen LogP contribution < -0.4 is 10.5 Å². The number of nitrogens with two attached hydrogens (primary N) is 1. The minimum atomic E-state index is -0.565. The lowest BCUT2D eigenvalue weighted by Crippen LogP contribution is -1.98. The molecule has 2 N–H and O–H groups in total. The Morgan fingerprint density at radius 3 is 2.53 bits per heavy atom. The van der Waals surface area contributed by atoms with Crippen molar-refractivity contribution in [1.82, 2.24) is 4.98 Å². The molecule has 0 amide bonds. The summed E-state index contributed by atoms with van der Waals surface area (Å²) in [6.07, 6.45) is 0. The molecular weight excluding hydrogens is 222 g/mol. The Morgan fingerprint density at radius 2 is 1.88 bits per heavy atom. The van der Waals surface area contributed by atoms with E-state index in [-0.39, 0.29) is 17.4 Å². The maximum Gasteiger partial charge on any atom is 0.331 e. The van der Waals surface area contributed by atoms with Gasteiger partial charge in [-0.05, 0) is 18.2 Å². The third-order valence-corrected chi connectivity index (χ3v) is 2.02. The van der Waals surface area contributed by atoms with Gasteiger partial charge in [-0.15, -0.1) is 0 Å². The number of rotatable bonds is 3. The molecule has 2 aromatic rings. The van der Waals surface area contributed by atoms with E-state index in [1.807, 2.05) is 6.07 Å². The maximum atomic E-state index is 10.8. The van der Waals surface area contributed by atoms with E-state index in [1.165, 1.54) is 12.1 Å². The first kappa shape index (κ1) is 10.9. The zero-order valence-corrected chi connectivity index (χ0v) is 8.74. The Balaban J connectivity index is 2.37. The van der Waals surface area contributed by atoms with E-state index < -0.39 is 4.92 Å². The van der Waals surface area contributed by atoms with Crippen LogP contribution in [0.15, 0.2) is 42.5 Å². The summed E-state index contributed by atoms with van der Waals surface area (Å²) in [5.74, 6) is 0.524. The number of pyridine rings is 1. The molecule has 0 radical (unpaired) electrons. The third-order valence-electron chi connectivity index (χ3n) is 2.02. The number of nitrogens with zero attached hydrogens (tertiary/aromatic N) is 2. The highest BCUT2D eigenvalue weighted by Crippen LogP contribution is 2.29. The van der Waals surface area contributed by atoms with Gasteiger partial charge in [0.2, 0.25) is 0 Å². The summed E-state index contributed by atoms with van der Waals surface area (Å²) < 4.78 is 5.32. The van der Waals surface area contributed by atoms with Gasteiger partial charge in [0.25, 0.3) is 0 Å². The number of nitrogen functional groups attached to an aromatic ring is 1. The number of hydrogen-bond donors (Lipinski definition) is 1. The van der Waals surface area contributed by atoms with Gasteiger partial charge in [-0.1, -0.05) is 18.2 Å². The van der Waals surface area contributed by atoms with Gasteiger partial charge in [-0.3, -0.25) is 10.1 Å². The number of nitro groups is 1. The molecule has 0 fully saturated rings. The molecule has 0 spiro atoms. The van der Waals surface area contributed by atoms with Crippen molar-refractivity contribution < 1.29 is 9.66 Å². The summed E-state index contributed by atoms with van der Waals surface area (Å²) in [5, 5.41) is 10.8. The fourth-order valence-corrected chi connectivity index (χ4v) is 1.26. The highest BCUT2D eigenvalue weighted by atomic mass is 16.6. The van der Waals surface area contributed by atoms with Gasteiger partial charge >= 0.3 is 11.6 Å². The predicted molar refractivity (Wildman–Crippen MR) is 61.8 cm³/mol. The van der Waals surface area contributed by atoms with Crippen LogP contribution in [-0.2, 0) is 0 Å². The Kier molecular flexibility index (Phi) is 2.87. The molecule has 0 atom stereocenters.